The predicted octanol–water partition coefficient (Wildman–Crippen LogP) is 0.0197. The molecule has 2 saturated heterocycles. The fraction of sp³-hybridized carbons (Fsp3) is 1.00. The standard InChI is InChI=1S/C12H24N2O2/c1-10-7-14(4-3-12(10)15)9-11-8-13(2)5-6-16-11/h10-12,15H,3-9H2,1-2H3. The zero-order valence-corrected chi connectivity index (χ0v) is 10.4. The van der Waals surface area contributed by atoms with Crippen molar-refractivity contribution in [3.8, 4) is 0 Å². The summed E-state index contributed by atoms with van der Waals surface area (Å²) in [7, 11) is 2.15. The van der Waals surface area contributed by atoms with Crippen molar-refractivity contribution in [3.63, 3.8) is 0 Å². The summed E-state index contributed by atoms with van der Waals surface area (Å²) < 4.78 is 5.77. The van der Waals surface area contributed by atoms with Crippen LogP contribution in [0.2, 0.25) is 0 Å². The maximum atomic E-state index is 9.68. The monoisotopic (exact) mass is 228 g/mol. The van der Waals surface area contributed by atoms with Crippen LogP contribution in [0.4, 0.5) is 0 Å². The highest BCUT2D eigenvalue weighted by atomic mass is 16.5. The summed E-state index contributed by atoms with van der Waals surface area (Å²) in [6.07, 6.45) is 1.15. The second-order valence-corrected chi connectivity index (χ2v) is 5.35. The highest BCUT2D eigenvalue weighted by Crippen LogP contribution is 2.17. The van der Waals surface area contributed by atoms with Crippen LogP contribution in [-0.4, -0.2) is 73.5 Å². The van der Waals surface area contributed by atoms with Crippen molar-refractivity contribution in [2.24, 2.45) is 5.92 Å². The number of aliphatic hydroxyl groups excluding tert-OH is 1. The van der Waals surface area contributed by atoms with Crippen LogP contribution in [0.15, 0.2) is 0 Å². The normalized spacial score (nSPS) is 38.8. The largest absolute Gasteiger partial charge is 0.393 e. The van der Waals surface area contributed by atoms with E-state index in [1.807, 2.05) is 0 Å². The highest BCUT2D eigenvalue weighted by Gasteiger charge is 2.27. The molecule has 3 atom stereocenters. The molecule has 16 heavy (non-hydrogen) atoms. The number of aliphatic hydroxyl groups is 1. The van der Waals surface area contributed by atoms with Crippen molar-refractivity contribution in [1.29, 1.82) is 0 Å². The summed E-state index contributed by atoms with van der Waals surface area (Å²) in [6, 6.07) is 0. The number of likely N-dealkylation sites (tertiary alicyclic amines) is 1. The number of hydrogen-bond acceptors (Lipinski definition) is 4. The number of morpholine rings is 1. The molecule has 4 nitrogen and oxygen atoms in total. The van der Waals surface area contributed by atoms with Gasteiger partial charge in [-0.15, -0.1) is 0 Å². The van der Waals surface area contributed by atoms with Gasteiger partial charge in [0.25, 0.3) is 0 Å². The van der Waals surface area contributed by atoms with Crippen LogP contribution in [0.1, 0.15) is 13.3 Å². The average molecular weight is 228 g/mol. The second-order valence-electron chi connectivity index (χ2n) is 5.35. The van der Waals surface area contributed by atoms with Gasteiger partial charge in [0.2, 0.25) is 0 Å². The van der Waals surface area contributed by atoms with Gasteiger partial charge in [-0.1, -0.05) is 6.92 Å². The molecule has 0 aromatic heterocycles. The van der Waals surface area contributed by atoms with E-state index >= 15 is 0 Å². The van der Waals surface area contributed by atoms with Crippen LogP contribution in [0.3, 0.4) is 0 Å². The molecular formula is C12H24N2O2. The molecule has 0 saturated carbocycles. The molecule has 2 rings (SSSR count). The van der Waals surface area contributed by atoms with E-state index in [1.165, 1.54) is 0 Å². The molecule has 0 aliphatic carbocycles. The minimum atomic E-state index is -0.105. The van der Waals surface area contributed by atoms with Gasteiger partial charge in [0.1, 0.15) is 0 Å². The average Bonchev–Trinajstić information content (AvgIpc) is 2.24. The molecule has 0 radical (unpaired) electrons. The van der Waals surface area contributed by atoms with E-state index in [4.69, 9.17) is 4.74 Å². The van der Waals surface area contributed by atoms with Crippen molar-refractivity contribution in [3.05, 3.63) is 0 Å². The van der Waals surface area contributed by atoms with E-state index in [1.54, 1.807) is 0 Å². The maximum Gasteiger partial charge on any atom is 0.0829 e. The first kappa shape index (κ1) is 12.3. The molecular weight excluding hydrogens is 204 g/mol. The van der Waals surface area contributed by atoms with Gasteiger partial charge in [-0.3, -0.25) is 0 Å². The first-order valence-electron chi connectivity index (χ1n) is 6.35. The lowest BCUT2D eigenvalue weighted by molar-refractivity contribution is -0.0497. The molecule has 2 aliphatic heterocycles. The van der Waals surface area contributed by atoms with Crippen LogP contribution in [0.25, 0.3) is 0 Å². The van der Waals surface area contributed by atoms with Gasteiger partial charge in [-0.2, -0.15) is 0 Å². The minimum Gasteiger partial charge on any atom is -0.393 e. The van der Waals surface area contributed by atoms with Crippen LogP contribution in [0, 0.1) is 5.92 Å². The van der Waals surface area contributed by atoms with Gasteiger partial charge < -0.3 is 19.6 Å². The fourth-order valence-electron chi connectivity index (χ4n) is 2.65. The fourth-order valence-corrected chi connectivity index (χ4v) is 2.65. The minimum absolute atomic E-state index is 0.105. The first-order valence-corrected chi connectivity index (χ1v) is 6.35. The molecule has 2 aliphatic rings. The summed E-state index contributed by atoms with van der Waals surface area (Å²) in [5.74, 6) is 0.398. The molecule has 0 aromatic carbocycles. The van der Waals surface area contributed by atoms with E-state index in [9.17, 15) is 5.11 Å². The lowest BCUT2D eigenvalue weighted by Gasteiger charge is -2.38. The summed E-state index contributed by atoms with van der Waals surface area (Å²) >= 11 is 0. The van der Waals surface area contributed by atoms with Crippen molar-refractivity contribution in [2.75, 3.05) is 46.4 Å². The Morgan fingerprint density at radius 2 is 2.12 bits per heavy atom. The van der Waals surface area contributed by atoms with Gasteiger partial charge in [-0.25, -0.2) is 0 Å². The van der Waals surface area contributed by atoms with E-state index in [2.05, 4.69) is 23.8 Å². The Morgan fingerprint density at radius 1 is 1.31 bits per heavy atom. The van der Waals surface area contributed by atoms with Gasteiger partial charge in [-0.05, 0) is 19.4 Å². The molecule has 0 spiro atoms. The van der Waals surface area contributed by atoms with Crippen molar-refractivity contribution >= 4 is 0 Å². The Hall–Kier alpha value is -0.160. The van der Waals surface area contributed by atoms with Gasteiger partial charge in [0.15, 0.2) is 0 Å². The third-order valence-corrected chi connectivity index (χ3v) is 3.75. The highest BCUT2D eigenvalue weighted by molar-refractivity contribution is 4.80. The number of likely N-dealkylation sites (N-methyl/N-ethyl adjacent to an activating group) is 1. The van der Waals surface area contributed by atoms with Crippen LogP contribution < -0.4 is 0 Å². The molecule has 2 fully saturated rings. The van der Waals surface area contributed by atoms with Crippen LogP contribution in [-0.2, 0) is 4.74 Å². The Labute approximate surface area is 98.2 Å². The third-order valence-electron chi connectivity index (χ3n) is 3.75. The van der Waals surface area contributed by atoms with Gasteiger partial charge in [0, 0.05) is 32.7 Å². The molecule has 0 bridgehead atoms. The predicted molar refractivity (Wildman–Crippen MR) is 63.5 cm³/mol. The molecule has 94 valence electrons. The van der Waals surface area contributed by atoms with E-state index in [0.29, 0.717) is 12.0 Å². The number of ether oxygens (including phenoxy) is 1. The SMILES string of the molecule is CC1CN(CC2CN(C)CCO2)CCC1O. The zero-order chi connectivity index (χ0) is 11.5. The summed E-state index contributed by atoms with van der Waals surface area (Å²) in [5.41, 5.74) is 0. The second kappa shape index (κ2) is 5.45. The summed E-state index contributed by atoms with van der Waals surface area (Å²) in [5, 5.41) is 9.68. The molecule has 0 aromatic rings. The van der Waals surface area contributed by atoms with Gasteiger partial charge in [0.05, 0.1) is 18.8 Å². The van der Waals surface area contributed by atoms with Crippen LogP contribution in [0.5, 0.6) is 0 Å². The lowest BCUT2D eigenvalue weighted by Crippen LogP contribution is -2.50. The van der Waals surface area contributed by atoms with E-state index in [-0.39, 0.29) is 6.10 Å². The zero-order valence-electron chi connectivity index (χ0n) is 10.4. The van der Waals surface area contributed by atoms with Crippen molar-refractivity contribution in [1.82, 2.24) is 9.80 Å². The Morgan fingerprint density at radius 3 is 2.81 bits per heavy atom. The summed E-state index contributed by atoms with van der Waals surface area (Å²) in [6.45, 7) is 8.10. The number of rotatable bonds is 2. The van der Waals surface area contributed by atoms with Gasteiger partial charge >= 0.3 is 0 Å². The van der Waals surface area contributed by atoms with Crippen molar-refractivity contribution in [2.45, 2.75) is 25.6 Å². The van der Waals surface area contributed by atoms with E-state index < -0.39 is 0 Å². The topological polar surface area (TPSA) is 35.9 Å². The summed E-state index contributed by atoms with van der Waals surface area (Å²) in [4.78, 5) is 4.76. The molecule has 4 heteroatoms. The quantitative estimate of drug-likeness (QED) is 0.723. The first-order chi connectivity index (χ1) is 7.65. The Balaban J connectivity index is 1.76. The number of hydrogen-bond donors (Lipinski definition) is 1. The molecule has 0 amide bonds. The molecule has 2 heterocycles. The third kappa shape index (κ3) is 3.17. The lowest BCUT2D eigenvalue weighted by atomic mass is 9.96. The van der Waals surface area contributed by atoms with Crippen molar-refractivity contribution < 1.29 is 9.84 Å². The van der Waals surface area contributed by atoms with E-state index in [0.717, 1.165) is 45.8 Å². The smallest absolute Gasteiger partial charge is 0.0829 e. The molecule has 1 N–H and O–H groups in total. The Bertz CT molecular complexity index is 225. The van der Waals surface area contributed by atoms with Crippen LogP contribution >= 0.6 is 0 Å². The number of nitrogens with zero attached hydrogens (tertiary/aromatic N) is 2. The number of piperidine rings is 1. The maximum absolute atomic E-state index is 9.68. The molecule has 3 unspecified atom stereocenters. The Kier molecular flexibility index (Phi) is 4.19.